The number of benzene rings is 1. The SMILES string of the molecule is CC1CCc2c(C(=O)N3CCN(S(=O)(=O)c4ccccc4)CC3)csc2C1. The van der Waals surface area contributed by atoms with Gasteiger partial charge in [-0.2, -0.15) is 4.31 Å². The summed E-state index contributed by atoms with van der Waals surface area (Å²) >= 11 is 1.70. The lowest BCUT2D eigenvalue weighted by Crippen LogP contribution is -2.50. The quantitative estimate of drug-likeness (QED) is 0.790. The van der Waals surface area contributed by atoms with Crippen LogP contribution in [0.1, 0.15) is 34.1 Å². The minimum atomic E-state index is -3.49. The van der Waals surface area contributed by atoms with E-state index in [2.05, 4.69) is 6.92 Å². The van der Waals surface area contributed by atoms with Crippen LogP contribution >= 0.6 is 11.3 Å². The van der Waals surface area contributed by atoms with E-state index in [-0.39, 0.29) is 5.91 Å². The van der Waals surface area contributed by atoms with Crippen LogP contribution in [-0.4, -0.2) is 49.7 Å². The van der Waals surface area contributed by atoms with Crippen LogP contribution in [0.15, 0.2) is 40.6 Å². The number of carbonyl (C=O) groups excluding carboxylic acids is 1. The van der Waals surface area contributed by atoms with E-state index in [0.29, 0.717) is 37.0 Å². The molecule has 0 spiro atoms. The topological polar surface area (TPSA) is 57.7 Å². The fraction of sp³-hybridized carbons (Fsp3) is 0.450. The second-order valence-electron chi connectivity index (χ2n) is 7.41. The highest BCUT2D eigenvalue weighted by molar-refractivity contribution is 7.89. The number of rotatable bonds is 3. The fourth-order valence-corrected chi connectivity index (χ4v) is 6.58. The average molecular weight is 405 g/mol. The van der Waals surface area contributed by atoms with Crippen LogP contribution in [0.2, 0.25) is 0 Å². The third-order valence-electron chi connectivity index (χ3n) is 5.54. The van der Waals surface area contributed by atoms with Gasteiger partial charge in [-0.3, -0.25) is 4.79 Å². The molecule has 1 amide bonds. The van der Waals surface area contributed by atoms with Crippen molar-refractivity contribution < 1.29 is 13.2 Å². The van der Waals surface area contributed by atoms with Gasteiger partial charge in [0.05, 0.1) is 10.5 Å². The van der Waals surface area contributed by atoms with Crippen LogP contribution in [0.5, 0.6) is 0 Å². The maximum Gasteiger partial charge on any atom is 0.255 e. The normalized spacial score (nSPS) is 21.1. The molecule has 1 aliphatic heterocycles. The van der Waals surface area contributed by atoms with Crippen molar-refractivity contribution in [2.24, 2.45) is 5.92 Å². The zero-order chi connectivity index (χ0) is 19.0. The molecule has 1 fully saturated rings. The molecule has 1 aromatic heterocycles. The minimum Gasteiger partial charge on any atom is -0.336 e. The Morgan fingerprint density at radius 3 is 2.52 bits per heavy atom. The minimum absolute atomic E-state index is 0.0545. The van der Waals surface area contributed by atoms with E-state index in [0.717, 1.165) is 24.8 Å². The van der Waals surface area contributed by atoms with Gasteiger partial charge in [0.15, 0.2) is 0 Å². The van der Waals surface area contributed by atoms with Gasteiger partial charge in [-0.25, -0.2) is 8.42 Å². The van der Waals surface area contributed by atoms with Gasteiger partial charge >= 0.3 is 0 Å². The average Bonchev–Trinajstić information content (AvgIpc) is 3.11. The van der Waals surface area contributed by atoms with E-state index in [9.17, 15) is 13.2 Å². The standard InChI is InChI=1S/C20H24N2O3S2/c1-15-7-8-17-18(14-26-19(17)13-15)20(23)21-9-11-22(12-10-21)27(24,25)16-5-3-2-4-6-16/h2-6,14-15H,7-13H2,1H3. The number of sulfonamides is 1. The van der Waals surface area contributed by atoms with Crippen LogP contribution in [0.3, 0.4) is 0 Å². The Kier molecular flexibility index (Phi) is 5.09. The summed E-state index contributed by atoms with van der Waals surface area (Å²) in [6.45, 7) is 3.81. The van der Waals surface area contributed by atoms with Gasteiger partial charge in [0.2, 0.25) is 10.0 Å². The van der Waals surface area contributed by atoms with Crippen molar-refractivity contribution >= 4 is 27.3 Å². The summed E-state index contributed by atoms with van der Waals surface area (Å²) in [6.07, 6.45) is 3.17. The number of piperazine rings is 1. The van der Waals surface area contributed by atoms with E-state index >= 15 is 0 Å². The van der Waals surface area contributed by atoms with Crippen molar-refractivity contribution in [1.29, 1.82) is 0 Å². The maximum atomic E-state index is 13.0. The Bertz CT molecular complexity index is 929. The lowest BCUT2D eigenvalue weighted by Gasteiger charge is -2.34. The first kappa shape index (κ1) is 18.7. The van der Waals surface area contributed by atoms with Crippen LogP contribution in [0.4, 0.5) is 0 Å². The Morgan fingerprint density at radius 2 is 1.81 bits per heavy atom. The molecule has 2 aromatic rings. The molecule has 144 valence electrons. The number of hydrogen-bond acceptors (Lipinski definition) is 4. The Hall–Kier alpha value is -1.70. The third-order valence-corrected chi connectivity index (χ3v) is 8.50. The highest BCUT2D eigenvalue weighted by Crippen LogP contribution is 2.33. The van der Waals surface area contributed by atoms with Crippen molar-refractivity contribution in [3.63, 3.8) is 0 Å². The molecule has 1 saturated heterocycles. The van der Waals surface area contributed by atoms with Crippen molar-refractivity contribution in [3.05, 3.63) is 51.7 Å². The fourth-order valence-electron chi connectivity index (χ4n) is 3.90. The molecule has 1 aromatic carbocycles. The number of nitrogens with zero attached hydrogens (tertiary/aromatic N) is 2. The predicted molar refractivity (Wildman–Crippen MR) is 107 cm³/mol. The van der Waals surface area contributed by atoms with Gasteiger partial charge in [0, 0.05) is 36.4 Å². The van der Waals surface area contributed by atoms with Crippen LogP contribution < -0.4 is 0 Å². The molecule has 7 heteroatoms. The van der Waals surface area contributed by atoms with Crippen molar-refractivity contribution in [1.82, 2.24) is 9.21 Å². The zero-order valence-corrected chi connectivity index (χ0v) is 17.1. The number of hydrogen-bond donors (Lipinski definition) is 0. The molecule has 0 radical (unpaired) electrons. The second-order valence-corrected chi connectivity index (χ2v) is 10.3. The molecule has 0 N–H and O–H groups in total. The van der Waals surface area contributed by atoms with Gasteiger partial charge in [0.1, 0.15) is 0 Å². The van der Waals surface area contributed by atoms with Gasteiger partial charge in [-0.1, -0.05) is 25.1 Å². The molecule has 5 nitrogen and oxygen atoms in total. The van der Waals surface area contributed by atoms with Gasteiger partial charge < -0.3 is 4.90 Å². The first-order valence-electron chi connectivity index (χ1n) is 9.40. The number of fused-ring (bicyclic) bond motifs is 1. The lowest BCUT2D eigenvalue weighted by atomic mass is 9.88. The zero-order valence-electron chi connectivity index (χ0n) is 15.4. The monoisotopic (exact) mass is 404 g/mol. The van der Waals surface area contributed by atoms with Crippen LogP contribution in [-0.2, 0) is 22.9 Å². The predicted octanol–water partition coefficient (Wildman–Crippen LogP) is 3.02. The first-order chi connectivity index (χ1) is 13.0. The Morgan fingerprint density at radius 1 is 1.11 bits per heavy atom. The summed E-state index contributed by atoms with van der Waals surface area (Å²) < 4.78 is 27.0. The Balaban J connectivity index is 1.45. The summed E-state index contributed by atoms with van der Waals surface area (Å²) in [4.78, 5) is 16.5. The molecular weight excluding hydrogens is 380 g/mol. The summed E-state index contributed by atoms with van der Waals surface area (Å²) in [6, 6.07) is 8.50. The molecule has 1 aliphatic carbocycles. The van der Waals surface area contributed by atoms with E-state index in [1.54, 1.807) is 46.6 Å². The Labute approximate surface area is 164 Å². The highest BCUT2D eigenvalue weighted by Gasteiger charge is 2.32. The lowest BCUT2D eigenvalue weighted by molar-refractivity contribution is 0.0697. The van der Waals surface area contributed by atoms with Gasteiger partial charge in [0.25, 0.3) is 5.91 Å². The maximum absolute atomic E-state index is 13.0. The molecular formula is C20H24N2O3S2. The molecule has 2 aliphatic rings. The molecule has 1 unspecified atom stereocenters. The molecule has 1 atom stereocenters. The van der Waals surface area contributed by atoms with Crippen LogP contribution in [0, 0.1) is 5.92 Å². The second kappa shape index (κ2) is 7.37. The van der Waals surface area contributed by atoms with Crippen LogP contribution in [0.25, 0.3) is 0 Å². The first-order valence-corrected chi connectivity index (χ1v) is 11.7. The molecule has 27 heavy (non-hydrogen) atoms. The van der Waals surface area contributed by atoms with Crippen molar-refractivity contribution in [3.8, 4) is 0 Å². The van der Waals surface area contributed by atoms with Crippen molar-refractivity contribution in [2.75, 3.05) is 26.2 Å². The summed E-state index contributed by atoms with van der Waals surface area (Å²) in [5, 5.41) is 2.00. The summed E-state index contributed by atoms with van der Waals surface area (Å²) in [5.41, 5.74) is 2.06. The smallest absolute Gasteiger partial charge is 0.255 e. The summed E-state index contributed by atoms with van der Waals surface area (Å²) in [7, 11) is -3.49. The number of carbonyl (C=O) groups is 1. The largest absolute Gasteiger partial charge is 0.336 e. The summed E-state index contributed by atoms with van der Waals surface area (Å²) in [5.74, 6) is 0.740. The molecule has 0 saturated carbocycles. The van der Waals surface area contributed by atoms with Gasteiger partial charge in [-0.15, -0.1) is 11.3 Å². The molecule has 0 bridgehead atoms. The molecule has 2 heterocycles. The number of amides is 1. The van der Waals surface area contributed by atoms with E-state index in [4.69, 9.17) is 0 Å². The third kappa shape index (κ3) is 3.56. The number of thiophene rings is 1. The van der Waals surface area contributed by atoms with E-state index in [1.807, 2.05) is 5.38 Å². The van der Waals surface area contributed by atoms with E-state index < -0.39 is 10.0 Å². The highest BCUT2D eigenvalue weighted by atomic mass is 32.2. The van der Waals surface area contributed by atoms with E-state index in [1.165, 1.54) is 14.7 Å². The van der Waals surface area contributed by atoms with Crippen molar-refractivity contribution in [2.45, 2.75) is 31.1 Å². The van der Waals surface area contributed by atoms with Gasteiger partial charge in [-0.05, 0) is 42.9 Å². The molecule has 4 rings (SSSR count).